The second-order valence-corrected chi connectivity index (χ2v) is 22.6. The first-order chi connectivity index (χ1) is 35.1. The third-order valence-corrected chi connectivity index (χ3v) is 15.3. The molecular formula is C66H128O5. The van der Waals surface area contributed by atoms with Gasteiger partial charge in [-0.15, -0.1) is 0 Å². The first-order valence-corrected chi connectivity index (χ1v) is 32.7. The third kappa shape index (κ3) is 61.1. The van der Waals surface area contributed by atoms with Crippen LogP contribution < -0.4 is 0 Å². The molecule has 5 heteroatoms. The van der Waals surface area contributed by atoms with Crippen LogP contribution in [-0.4, -0.2) is 36.4 Å². The van der Waals surface area contributed by atoms with E-state index >= 15 is 0 Å². The molecule has 0 radical (unpaired) electrons. The Morgan fingerprint density at radius 2 is 0.521 bits per heavy atom. The lowest BCUT2D eigenvalue weighted by Gasteiger charge is -2.15. The Morgan fingerprint density at radius 1 is 0.310 bits per heavy atom. The lowest BCUT2D eigenvalue weighted by molar-refractivity contribution is -0.161. The minimum absolute atomic E-state index is 0.0578. The van der Waals surface area contributed by atoms with Gasteiger partial charge in [-0.3, -0.25) is 9.59 Å². The lowest BCUT2D eigenvalue weighted by Crippen LogP contribution is -2.28. The molecule has 0 bridgehead atoms. The maximum absolute atomic E-state index is 12.3. The molecule has 0 spiro atoms. The summed E-state index contributed by atoms with van der Waals surface area (Å²) in [6, 6.07) is 0. The van der Waals surface area contributed by atoms with Gasteiger partial charge in [0.25, 0.3) is 0 Å². The highest BCUT2D eigenvalue weighted by atomic mass is 16.6. The van der Waals surface area contributed by atoms with Crippen LogP contribution >= 0.6 is 0 Å². The average molecular weight is 1000 g/mol. The smallest absolute Gasteiger partial charge is 0.306 e. The average Bonchev–Trinajstić information content (AvgIpc) is 3.37. The van der Waals surface area contributed by atoms with Crippen molar-refractivity contribution in [1.29, 1.82) is 0 Å². The van der Waals surface area contributed by atoms with Crippen LogP contribution in [0.4, 0.5) is 0 Å². The number of hydrogen-bond donors (Lipinski definition) is 1. The lowest BCUT2D eigenvalue weighted by atomic mass is 10.0. The van der Waals surface area contributed by atoms with Crippen LogP contribution in [0.15, 0.2) is 12.2 Å². The molecule has 0 aliphatic heterocycles. The fourth-order valence-corrected chi connectivity index (χ4v) is 10.4. The number of aliphatic hydroxyl groups excluding tert-OH is 1. The van der Waals surface area contributed by atoms with Crippen molar-refractivity contribution in [3.05, 3.63) is 12.2 Å². The van der Waals surface area contributed by atoms with Gasteiger partial charge in [-0.25, -0.2) is 0 Å². The molecule has 5 nitrogen and oxygen atoms in total. The predicted octanol–water partition coefficient (Wildman–Crippen LogP) is 22.3. The summed E-state index contributed by atoms with van der Waals surface area (Å²) >= 11 is 0. The maximum atomic E-state index is 12.3. The van der Waals surface area contributed by atoms with Crippen molar-refractivity contribution >= 4 is 11.9 Å². The molecule has 0 heterocycles. The van der Waals surface area contributed by atoms with Crippen LogP contribution in [-0.2, 0) is 19.1 Å². The van der Waals surface area contributed by atoms with Gasteiger partial charge >= 0.3 is 11.9 Å². The van der Waals surface area contributed by atoms with Crippen molar-refractivity contribution in [2.45, 2.75) is 386 Å². The summed E-state index contributed by atoms with van der Waals surface area (Å²) in [5.41, 5.74) is 0. The molecule has 0 amide bonds. The van der Waals surface area contributed by atoms with Crippen molar-refractivity contribution in [2.24, 2.45) is 0 Å². The molecule has 0 aliphatic rings. The van der Waals surface area contributed by atoms with Crippen molar-refractivity contribution < 1.29 is 24.2 Å². The van der Waals surface area contributed by atoms with Crippen LogP contribution in [0.2, 0.25) is 0 Å². The molecule has 0 saturated heterocycles. The Balaban J connectivity index is 3.37. The first kappa shape index (κ1) is 69.6. The molecule has 422 valence electrons. The number of esters is 2. The zero-order valence-corrected chi connectivity index (χ0v) is 48.5. The summed E-state index contributed by atoms with van der Waals surface area (Å²) < 4.78 is 10.8. The van der Waals surface area contributed by atoms with Crippen molar-refractivity contribution in [3.63, 3.8) is 0 Å². The molecule has 0 saturated carbocycles. The minimum Gasteiger partial charge on any atom is -0.462 e. The molecular weight excluding hydrogens is 873 g/mol. The molecule has 0 rings (SSSR count). The highest BCUT2D eigenvalue weighted by Crippen LogP contribution is 2.19. The highest BCUT2D eigenvalue weighted by molar-refractivity contribution is 5.70. The van der Waals surface area contributed by atoms with Crippen molar-refractivity contribution in [1.82, 2.24) is 0 Å². The van der Waals surface area contributed by atoms with Gasteiger partial charge in [-0.05, 0) is 38.5 Å². The van der Waals surface area contributed by atoms with E-state index in [0.29, 0.717) is 12.8 Å². The van der Waals surface area contributed by atoms with Gasteiger partial charge in [0, 0.05) is 12.8 Å². The van der Waals surface area contributed by atoms with E-state index in [2.05, 4.69) is 26.0 Å². The predicted molar refractivity (Wildman–Crippen MR) is 312 cm³/mol. The van der Waals surface area contributed by atoms with E-state index in [-0.39, 0.29) is 25.2 Å². The molecule has 0 fully saturated rings. The summed E-state index contributed by atoms with van der Waals surface area (Å²) in [4.78, 5) is 24.6. The zero-order valence-electron chi connectivity index (χ0n) is 48.5. The van der Waals surface area contributed by atoms with Gasteiger partial charge in [0.2, 0.25) is 0 Å². The second-order valence-electron chi connectivity index (χ2n) is 22.6. The number of ether oxygens (including phenoxy) is 2. The molecule has 0 aromatic carbocycles. The molecule has 1 unspecified atom stereocenters. The fourth-order valence-electron chi connectivity index (χ4n) is 10.4. The van der Waals surface area contributed by atoms with Crippen LogP contribution in [0.25, 0.3) is 0 Å². The topological polar surface area (TPSA) is 72.8 Å². The number of carbonyl (C=O) groups is 2. The zero-order chi connectivity index (χ0) is 51.3. The maximum Gasteiger partial charge on any atom is 0.306 e. The van der Waals surface area contributed by atoms with E-state index in [1.54, 1.807) is 0 Å². The molecule has 1 N–H and O–H groups in total. The van der Waals surface area contributed by atoms with Crippen LogP contribution in [0.1, 0.15) is 380 Å². The summed E-state index contributed by atoms with van der Waals surface area (Å²) in [6.07, 6.45) is 79.5. The molecule has 0 aliphatic carbocycles. The number of aliphatic hydroxyl groups is 1. The van der Waals surface area contributed by atoms with Gasteiger partial charge in [-0.1, -0.05) is 341 Å². The number of carbonyl (C=O) groups excluding carboxylic acids is 2. The van der Waals surface area contributed by atoms with Gasteiger partial charge in [-0.2, -0.15) is 0 Å². The van der Waals surface area contributed by atoms with Crippen LogP contribution in [0.3, 0.4) is 0 Å². The van der Waals surface area contributed by atoms with Crippen molar-refractivity contribution in [2.75, 3.05) is 13.2 Å². The monoisotopic (exact) mass is 1000 g/mol. The number of unbranched alkanes of at least 4 members (excludes halogenated alkanes) is 52. The largest absolute Gasteiger partial charge is 0.462 e. The quantitative estimate of drug-likeness (QED) is 0.0373. The molecule has 0 aromatic heterocycles. The van der Waals surface area contributed by atoms with E-state index in [1.807, 2.05) is 0 Å². The van der Waals surface area contributed by atoms with Gasteiger partial charge in [0.05, 0.1) is 6.61 Å². The van der Waals surface area contributed by atoms with E-state index in [0.717, 1.165) is 32.1 Å². The summed E-state index contributed by atoms with van der Waals surface area (Å²) in [7, 11) is 0. The second kappa shape index (κ2) is 62.9. The first-order valence-electron chi connectivity index (χ1n) is 32.7. The fraction of sp³-hybridized carbons (Fsp3) is 0.939. The Kier molecular flexibility index (Phi) is 61.7. The van der Waals surface area contributed by atoms with E-state index in [9.17, 15) is 14.7 Å². The molecule has 0 aromatic rings. The van der Waals surface area contributed by atoms with Crippen LogP contribution in [0, 0.1) is 0 Å². The Morgan fingerprint density at radius 3 is 0.761 bits per heavy atom. The Bertz CT molecular complexity index is 1040. The normalized spacial score (nSPS) is 12.1. The Labute approximate surface area is 445 Å². The number of hydrogen-bond acceptors (Lipinski definition) is 5. The van der Waals surface area contributed by atoms with Gasteiger partial charge in [0.15, 0.2) is 6.10 Å². The third-order valence-electron chi connectivity index (χ3n) is 15.3. The van der Waals surface area contributed by atoms with Crippen molar-refractivity contribution in [3.8, 4) is 0 Å². The van der Waals surface area contributed by atoms with E-state index < -0.39 is 6.10 Å². The highest BCUT2D eigenvalue weighted by Gasteiger charge is 2.16. The number of rotatable bonds is 62. The van der Waals surface area contributed by atoms with Gasteiger partial charge < -0.3 is 14.6 Å². The summed E-state index contributed by atoms with van der Waals surface area (Å²) in [5, 5.41) is 9.68. The Hall–Kier alpha value is -1.36. The van der Waals surface area contributed by atoms with Gasteiger partial charge in [0.1, 0.15) is 6.61 Å². The summed E-state index contributed by atoms with van der Waals surface area (Å²) in [6.45, 7) is 4.21. The standard InChI is InChI=1S/C66H128O5/c1-3-5-7-9-11-13-15-17-19-21-23-25-27-29-30-31-32-33-34-35-37-38-40-42-44-46-48-50-52-54-56-58-60-65(68)70-63-64(62-67)71-66(69)61-59-57-55-53-51-49-47-45-43-41-39-36-28-26-24-22-20-18-16-14-12-10-8-6-4-2/h22,24,64,67H,3-21,23,25-63H2,1-2H3/b24-22-. The van der Waals surface area contributed by atoms with Crippen LogP contribution in [0.5, 0.6) is 0 Å². The number of allylic oxidation sites excluding steroid dienone is 2. The molecule has 1 atom stereocenters. The minimum atomic E-state index is -0.768. The molecule has 71 heavy (non-hydrogen) atoms. The SMILES string of the molecule is CCCCCCCCCC/C=C\CCCCCCCCCCCCCCCC(=O)OC(CO)COC(=O)CCCCCCCCCCCCCCCCCCCCCCCCCCCCCCCCCC. The van der Waals surface area contributed by atoms with E-state index in [1.165, 1.54) is 321 Å². The van der Waals surface area contributed by atoms with E-state index in [4.69, 9.17) is 9.47 Å². The summed E-state index contributed by atoms with van der Waals surface area (Å²) in [5.74, 6) is -0.565.